The molecule has 1 rings (SSSR count). The van der Waals surface area contributed by atoms with Crippen LogP contribution < -0.4 is 4.74 Å². The number of hydrogen-bond acceptors (Lipinski definition) is 3. The van der Waals surface area contributed by atoms with Gasteiger partial charge < -0.3 is 9.26 Å². The first kappa shape index (κ1) is 7.60. The Hall–Kier alpha value is -0.510. The molecule has 0 radical (unpaired) electrons. The second kappa shape index (κ2) is 3.05. The number of ether oxygens (including phenoxy) is 1. The van der Waals surface area contributed by atoms with Gasteiger partial charge >= 0.3 is 5.95 Å². The number of aromatic nitrogens is 1. The van der Waals surface area contributed by atoms with Gasteiger partial charge in [0.2, 0.25) is 0 Å². The average Bonchev–Trinajstić information content (AvgIpc) is 2.34. The number of methoxy groups -OCH3 is 1. The van der Waals surface area contributed by atoms with E-state index < -0.39 is 0 Å². The fraction of sp³-hybridized carbons (Fsp3) is 0.500. The summed E-state index contributed by atoms with van der Waals surface area (Å²) < 4.78 is 9.57. The molecule has 3 nitrogen and oxygen atoms in total. The molecule has 1 aromatic heterocycles. The molecule has 0 bridgehead atoms. The molecule has 0 saturated carbocycles. The Kier molecular flexibility index (Phi) is 2.32. The molecular weight excluding hydrogens is 198 g/mol. The lowest BCUT2D eigenvalue weighted by atomic mass is 10.3. The molecule has 1 heterocycles. The summed E-state index contributed by atoms with van der Waals surface area (Å²) >= 11 is 3.35. The second-order valence-electron chi connectivity index (χ2n) is 1.89. The molecule has 1 unspecified atom stereocenters. The fourth-order valence-corrected chi connectivity index (χ4v) is 0.771. The van der Waals surface area contributed by atoms with Crippen molar-refractivity contribution in [3.8, 4) is 5.95 Å². The average molecular weight is 206 g/mol. The van der Waals surface area contributed by atoms with Crippen molar-refractivity contribution < 1.29 is 9.26 Å². The molecule has 1 aromatic rings. The van der Waals surface area contributed by atoms with E-state index >= 15 is 0 Å². The summed E-state index contributed by atoms with van der Waals surface area (Å²) in [6.07, 6.45) is 0. The highest BCUT2D eigenvalue weighted by Crippen LogP contribution is 2.23. The molecule has 0 aromatic carbocycles. The fourth-order valence-electron chi connectivity index (χ4n) is 0.555. The third-order valence-corrected chi connectivity index (χ3v) is 1.58. The van der Waals surface area contributed by atoms with Gasteiger partial charge in [0.15, 0.2) is 0 Å². The minimum atomic E-state index is 0.208. The minimum absolute atomic E-state index is 0.208. The Bertz CT molecular complexity index is 209. The molecule has 10 heavy (non-hydrogen) atoms. The SMILES string of the molecule is COc1cc(C(C)Br)no1. The van der Waals surface area contributed by atoms with Crippen LogP contribution in [0.25, 0.3) is 0 Å². The van der Waals surface area contributed by atoms with Crippen LogP contribution in [0.5, 0.6) is 5.95 Å². The van der Waals surface area contributed by atoms with Crippen LogP contribution >= 0.6 is 15.9 Å². The van der Waals surface area contributed by atoms with Crippen LogP contribution in [0.1, 0.15) is 17.4 Å². The van der Waals surface area contributed by atoms with Crippen molar-refractivity contribution in [1.82, 2.24) is 5.16 Å². The van der Waals surface area contributed by atoms with Crippen LogP contribution in [-0.4, -0.2) is 12.3 Å². The van der Waals surface area contributed by atoms with Gasteiger partial charge in [-0.05, 0) is 6.92 Å². The van der Waals surface area contributed by atoms with Gasteiger partial charge in [-0.3, -0.25) is 0 Å². The van der Waals surface area contributed by atoms with E-state index in [0.29, 0.717) is 5.95 Å². The molecule has 0 N–H and O–H groups in total. The predicted molar refractivity (Wildman–Crippen MR) is 40.4 cm³/mol. The van der Waals surface area contributed by atoms with Crippen LogP contribution in [0.4, 0.5) is 0 Å². The second-order valence-corrected chi connectivity index (χ2v) is 3.26. The summed E-state index contributed by atoms with van der Waals surface area (Å²) in [5.41, 5.74) is 0.844. The van der Waals surface area contributed by atoms with Gasteiger partial charge in [-0.25, -0.2) is 0 Å². The smallest absolute Gasteiger partial charge is 0.311 e. The zero-order valence-corrected chi connectivity index (χ0v) is 7.38. The molecule has 0 spiro atoms. The lowest BCUT2D eigenvalue weighted by molar-refractivity contribution is 0.259. The normalized spacial score (nSPS) is 13.1. The van der Waals surface area contributed by atoms with Crippen LogP contribution in [0.2, 0.25) is 0 Å². The van der Waals surface area contributed by atoms with Crippen molar-refractivity contribution in [2.45, 2.75) is 11.8 Å². The largest absolute Gasteiger partial charge is 0.467 e. The number of alkyl halides is 1. The number of hydrogen-bond donors (Lipinski definition) is 0. The third-order valence-electron chi connectivity index (χ3n) is 1.12. The summed E-state index contributed by atoms with van der Waals surface area (Å²) in [6, 6.07) is 1.75. The van der Waals surface area contributed by atoms with E-state index in [4.69, 9.17) is 9.26 Å². The van der Waals surface area contributed by atoms with Gasteiger partial charge in [-0.2, -0.15) is 0 Å². The zero-order chi connectivity index (χ0) is 7.56. The van der Waals surface area contributed by atoms with Gasteiger partial charge in [0, 0.05) is 6.07 Å². The molecule has 4 heteroatoms. The van der Waals surface area contributed by atoms with E-state index in [-0.39, 0.29) is 4.83 Å². The summed E-state index contributed by atoms with van der Waals surface area (Å²) in [5, 5.41) is 3.74. The predicted octanol–water partition coefficient (Wildman–Crippen LogP) is 2.14. The Morgan fingerprint density at radius 2 is 2.50 bits per heavy atom. The van der Waals surface area contributed by atoms with Crippen molar-refractivity contribution in [2.75, 3.05) is 7.11 Å². The molecule has 1 atom stereocenters. The monoisotopic (exact) mass is 205 g/mol. The molecule has 0 aliphatic heterocycles. The topological polar surface area (TPSA) is 35.3 Å². The van der Waals surface area contributed by atoms with Crippen LogP contribution in [0, 0.1) is 0 Å². The molecule has 0 amide bonds. The quantitative estimate of drug-likeness (QED) is 0.695. The highest BCUT2D eigenvalue weighted by atomic mass is 79.9. The first-order valence-electron chi connectivity index (χ1n) is 2.88. The lowest BCUT2D eigenvalue weighted by Gasteiger charge is -1.90. The summed E-state index contributed by atoms with van der Waals surface area (Å²) in [5.74, 6) is 0.446. The molecule has 56 valence electrons. The number of halogens is 1. The zero-order valence-electron chi connectivity index (χ0n) is 5.80. The van der Waals surface area contributed by atoms with Crippen molar-refractivity contribution in [2.24, 2.45) is 0 Å². The van der Waals surface area contributed by atoms with Gasteiger partial charge in [-0.1, -0.05) is 21.1 Å². The van der Waals surface area contributed by atoms with E-state index in [0.717, 1.165) is 5.69 Å². The van der Waals surface area contributed by atoms with Crippen molar-refractivity contribution in [3.05, 3.63) is 11.8 Å². The minimum Gasteiger partial charge on any atom is -0.467 e. The van der Waals surface area contributed by atoms with Crippen molar-refractivity contribution in [1.29, 1.82) is 0 Å². The van der Waals surface area contributed by atoms with E-state index in [2.05, 4.69) is 21.1 Å². The molecule has 0 fully saturated rings. The van der Waals surface area contributed by atoms with E-state index in [1.54, 1.807) is 13.2 Å². The van der Waals surface area contributed by atoms with Gasteiger partial charge in [0.05, 0.1) is 11.9 Å². The first-order valence-corrected chi connectivity index (χ1v) is 3.80. The molecule has 0 aliphatic carbocycles. The number of nitrogens with zero attached hydrogens (tertiary/aromatic N) is 1. The summed E-state index contributed by atoms with van der Waals surface area (Å²) in [4.78, 5) is 0.208. The maximum atomic E-state index is 4.80. The third kappa shape index (κ3) is 1.50. The lowest BCUT2D eigenvalue weighted by Crippen LogP contribution is -1.80. The maximum absolute atomic E-state index is 4.80. The molecule has 0 saturated heterocycles. The summed E-state index contributed by atoms with van der Waals surface area (Å²) in [6.45, 7) is 1.97. The van der Waals surface area contributed by atoms with E-state index in [1.807, 2.05) is 6.92 Å². The van der Waals surface area contributed by atoms with Gasteiger partial charge in [-0.15, -0.1) is 0 Å². The highest BCUT2D eigenvalue weighted by molar-refractivity contribution is 9.09. The Balaban J connectivity index is 2.78. The van der Waals surface area contributed by atoms with E-state index in [1.165, 1.54) is 0 Å². The van der Waals surface area contributed by atoms with Gasteiger partial charge in [0.25, 0.3) is 0 Å². The van der Waals surface area contributed by atoms with Crippen LogP contribution in [-0.2, 0) is 0 Å². The standard InChI is InChI=1S/C6H8BrNO2/c1-4(7)5-3-6(9-2)10-8-5/h3-4H,1-2H3. The van der Waals surface area contributed by atoms with Gasteiger partial charge in [0.1, 0.15) is 5.69 Å². The van der Waals surface area contributed by atoms with Crippen molar-refractivity contribution in [3.63, 3.8) is 0 Å². The number of rotatable bonds is 2. The van der Waals surface area contributed by atoms with E-state index in [9.17, 15) is 0 Å². The Morgan fingerprint density at radius 3 is 2.80 bits per heavy atom. The first-order chi connectivity index (χ1) is 4.74. The molecule has 0 aliphatic rings. The van der Waals surface area contributed by atoms with Crippen LogP contribution in [0.3, 0.4) is 0 Å². The Morgan fingerprint density at radius 1 is 1.80 bits per heavy atom. The van der Waals surface area contributed by atoms with Crippen LogP contribution in [0.15, 0.2) is 10.6 Å². The summed E-state index contributed by atoms with van der Waals surface area (Å²) in [7, 11) is 1.54. The highest BCUT2D eigenvalue weighted by Gasteiger charge is 2.07. The maximum Gasteiger partial charge on any atom is 0.311 e. The van der Waals surface area contributed by atoms with Crippen molar-refractivity contribution >= 4 is 15.9 Å². The molecular formula is C6H8BrNO2. The Labute approximate surface area is 67.5 Å².